The Bertz CT molecular complexity index is 539. The number of amides is 1. The van der Waals surface area contributed by atoms with Crippen LogP contribution >= 0.6 is 11.3 Å². The van der Waals surface area contributed by atoms with E-state index in [0.717, 1.165) is 36.1 Å². The van der Waals surface area contributed by atoms with E-state index in [1.165, 1.54) is 11.3 Å². The largest absolute Gasteiger partial charge is 0.452 e. The average molecular weight is 321 g/mol. The van der Waals surface area contributed by atoms with Gasteiger partial charge >= 0.3 is 12.1 Å². The first-order chi connectivity index (χ1) is 9.87. The molecule has 0 bridgehead atoms. The molecule has 1 aromatic rings. The van der Waals surface area contributed by atoms with E-state index < -0.39 is 31.2 Å². The van der Waals surface area contributed by atoms with Gasteiger partial charge < -0.3 is 10.1 Å². The van der Waals surface area contributed by atoms with Gasteiger partial charge in [0.15, 0.2) is 6.61 Å². The number of fused-ring (bicyclic) bond motifs is 1. The quantitative estimate of drug-likeness (QED) is 0.867. The van der Waals surface area contributed by atoms with Crippen molar-refractivity contribution in [3.8, 4) is 0 Å². The molecule has 1 heterocycles. The molecule has 0 atom stereocenters. The van der Waals surface area contributed by atoms with Crippen LogP contribution in [0.15, 0.2) is 5.38 Å². The molecule has 0 aliphatic heterocycles. The number of carbonyl (C=O) groups excluding carboxylic acids is 2. The molecule has 0 fully saturated rings. The fourth-order valence-corrected chi connectivity index (χ4v) is 3.24. The van der Waals surface area contributed by atoms with Crippen molar-refractivity contribution < 1.29 is 27.5 Å². The van der Waals surface area contributed by atoms with Crippen molar-refractivity contribution in [2.45, 2.75) is 31.9 Å². The monoisotopic (exact) mass is 321 g/mol. The number of hydrogen-bond acceptors (Lipinski definition) is 4. The topological polar surface area (TPSA) is 55.4 Å². The summed E-state index contributed by atoms with van der Waals surface area (Å²) in [6.45, 7) is -2.14. The fourth-order valence-electron chi connectivity index (χ4n) is 2.12. The number of carbonyl (C=O) groups is 2. The molecule has 0 unspecified atom stereocenters. The lowest BCUT2D eigenvalue weighted by atomic mass is 9.96. The summed E-state index contributed by atoms with van der Waals surface area (Å²) in [5.74, 6) is -1.62. The Morgan fingerprint density at radius 1 is 1.29 bits per heavy atom. The Kier molecular flexibility index (Phi) is 4.87. The molecule has 1 amide bonds. The summed E-state index contributed by atoms with van der Waals surface area (Å²) in [7, 11) is 0. The highest BCUT2D eigenvalue weighted by molar-refractivity contribution is 7.10. The van der Waals surface area contributed by atoms with Gasteiger partial charge in [-0.05, 0) is 31.2 Å². The van der Waals surface area contributed by atoms with Crippen LogP contribution in [0.4, 0.5) is 13.2 Å². The molecule has 0 aromatic carbocycles. The average Bonchev–Trinajstić information content (AvgIpc) is 2.85. The van der Waals surface area contributed by atoms with Gasteiger partial charge in [-0.25, -0.2) is 4.79 Å². The summed E-state index contributed by atoms with van der Waals surface area (Å²) in [6.07, 6.45) is -0.674. The maximum Gasteiger partial charge on any atom is 0.405 e. The van der Waals surface area contributed by atoms with Crippen LogP contribution in [0.1, 0.15) is 33.6 Å². The molecule has 0 spiro atoms. The van der Waals surface area contributed by atoms with Crippen molar-refractivity contribution in [1.29, 1.82) is 0 Å². The molecular weight excluding hydrogens is 307 g/mol. The fraction of sp³-hybridized carbons (Fsp3) is 0.538. The Morgan fingerprint density at radius 3 is 2.71 bits per heavy atom. The standard InChI is InChI=1S/C13H14F3NO3S/c14-13(15,16)7-17-11(18)5-20-12(19)9-6-21-10-4-2-1-3-8(9)10/h6H,1-5,7H2,(H,17,18). The lowest BCUT2D eigenvalue weighted by Crippen LogP contribution is -2.36. The van der Waals surface area contributed by atoms with E-state index in [0.29, 0.717) is 5.56 Å². The Hall–Kier alpha value is -1.57. The molecule has 0 saturated heterocycles. The molecule has 0 radical (unpaired) electrons. The predicted octanol–water partition coefficient (Wildman–Crippen LogP) is 2.46. The van der Waals surface area contributed by atoms with Gasteiger partial charge in [0.2, 0.25) is 0 Å². The molecule has 8 heteroatoms. The zero-order valence-electron chi connectivity index (χ0n) is 11.1. The first-order valence-corrected chi connectivity index (χ1v) is 7.34. The number of alkyl halides is 3. The van der Waals surface area contributed by atoms with Gasteiger partial charge in [-0.15, -0.1) is 11.3 Å². The summed E-state index contributed by atoms with van der Waals surface area (Å²) in [5, 5.41) is 3.33. The van der Waals surface area contributed by atoms with Gasteiger partial charge in [0.05, 0.1) is 5.56 Å². The van der Waals surface area contributed by atoms with Crippen LogP contribution in [-0.4, -0.2) is 31.2 Å². The molecular formula is C13H14F3NO3S. The zero-order chi connectivity index (χ0) is 15.5. The highest BCUT2D eigenvalue weighted by Crippen LogP contribution is 2.30. The number of thiophene rings is 1. The SMILES string of the molecule is O=C(COC(=O)c1csc2c1CCCC2)NCC(F)(F)F. The van der Waals surface area contributed by atoms with E-state index >= 15 is 0 Å². The summed E-state index contributed by atoms with van der Waals surface area (Å²) < 4.78 is 40.5. The normalized spacial score (nSPS) is 14.4. The van der Waals surface area contributed by atoms with Crippen LogP contribution in [0.25, 0.3) is 0 Å². The Labute approximate surface area is 123 Å². The highest BCUT2D eigenvalue weighted by atomic mass is 32.1. The molecule has 1 N–H and O–H groups in total. The van der Waals surface area contributed by atoms with E-state index in [9.17, 15) is 22.8 Å². The predicted molar refractivity (Wildman–Crippen MR) is 70.3 cm³/mol. The smallest absolute Gasteiger partial charge is 0.405 e. The third kappa shape index (κ3) is 4.45. The van der Waals surface area contributed by atoms with Crippen molar-refractivity contribution in [3.63, 3.8) is 0 Å². The molecule has 1 aliphatic rings. The minimum absolute atomic E-state index is 0.429. The number of rotatable bonds is 4. The van der Waals surface area contributed by atoms with Gasteiger partial charge in [-0.3, -0.25) is 4.79 Å². The van der Waals surface area contributed by atoms with Gasteiger partial charge in [-0.1, -0.05) is 0 Å². The lowest BCUT2D eigenvalue weighted by molar-refractivity contribution is -0.140. The van der Waals surface area contributed by atoms with E-state index in [2.05, 4.69) is 0 Å². The minimum atomic E-state index is -4.48. The van der Waals surface area contributed by atoms with Crippen molar-refractivity contribution in [2.75, 3.05) is 13.2 Å². The van der Waals surface area contributed by atoms with Gasteiger partial charge in [0.25, 0.3) is 5.91 Å². The lowest BCUT2D eigenvalue weighted by Gasteiger charge is -2.12. The number of ether oxygens (including phenoxy) is 1. The third-order valence-electron chi connectivity index (χ3n) is 3.10. The first-order valence-electron chi connectivity index (χ1n) is 6.46. The molecule has 4 nitrogen and oxygen atoms in total. The van der Waals surface area contributed by atoms with Crippen molar-refractivity contribution in [3.05, 3.63) is 21.4 Å². The first kappa shape index (κ1) is 15.8. The van der Waals surface area contributed by atoms with Crippen molar-refractivity contribution in [2.24, 2.45) is 0 Å². The van der Waals surface area contributed by atoms with Gasteiger partial charge in [-0.2, -0.15) is 13.2 Å². The molecule has 2 rings (SSSR count). The summed E-state index contributed by atoms with van der Waals surface area (Å²) in [4.78, 5) is 24.2. The second kappa shape index (κ2) is 6.46. The van der Waals surface area contributed by atoms with Gasteiger partial charge in [0, 0.05) is 10.3 Å². The molecule has 116 valence electrons. The van der Waals surface area contributed by atoms with Crippen LogP contribution in [0, 0.1) is 0 Å². The highest BCUT2D eigenvalue weighted by Gasteiger charge is 2.28. The number of hydrogen-bond donors (Lipinski definition) is 1. The van der Waals surface area contributed by atoms with E-state index in [1.54, 1.807) is 10.7 Å². The Balaban J connectivity index is 1.85. The summed E-state index contributed by atoms with van der Waals surface area (Å²) in [6, 6.07) is 0. The van der Waals surface area contributed by atoms with Gasteiger partial charge in [0.1, 0.15) is 6.54 Å². The van der Waals surface area contributed by atoms with Crippen molar-refractivity contribution in [1.82, 2.24) is 5.32 Å². The van der Waals surface area contributed by atoms with Crippen LogP contribution in [0.3, 0.4) is 0 Å². The Morgan fingerprint density at radius 2 is 2.00 bits per heavy atom. The van der Waals surface area contributed by atoms with E-state index in [4.69, 9.17) is 4.74 Å². The number of aryl methyl sites for hydroxylation is 1. The zero-order valence-corrected chi connectivity index (χ0v) is 11.9. The maximum atomic E-state index is 11.9. The summed E-state index contributed by atoms with van der Waals surface area (Å²) >= 11 is 1.48. The molecule has 0 saturated carbocycles. The second-order valence-electron chi connectivity index (χ2n) is 4.73. The maximum absolute atomic E-state index is 11.9. The van der Waals surface area contributed by atoms with Crippen LogP contribution in [-0.2, 0) is 22.4 Å². The van der Waals surface area contributed by atoms with Crippen LogP contribution in [0.2, 0.25) is 0 Å². The van der Waals surface area contributed by atoms with E-state index in [1.807, 2.05) is 0 Å². The van der Waals surface area contributed by atoms with Crippen LogP contribution < -0.4 is 5.32 Å². The molecule has 21 heavy (non-hydrogen) atoms. The van der Waals surface area contributed by atoms with E-state index in [-0.39, 0.29) is 0 Å². The molecule has 1 aromatic heterocycles. The summed E-state index contributed by atoms with van der Waals surface area (Å²) in [5.41, 5.74) is 1.38. The number of halogens is 3. The third-order valence-corrected chi connectivity index (χ3v) is 4.19. The number of nitrogens with one attached hydrogen (secondary N) is 1. The van der Waals surface area contributed by atoms with Crippen LogP contribution in [0.5, 0.6) is 0 Å². The second-order valence-corrected chi connectivity index (χ2v) is 5.69. The number of esters is 1. The van der Waals surface area contributed by atoms with Crippen molar-refractivity contribution >= 4 is 23.2 Å². The minimum Gasteiger partial charge on any atom is -0.452 e. The molecule has 1 aliphatic carbocycles.